The SMILES string of the molecule is CC(C)(C)OCCN1C(=O)CNC(C)(C)C1=O. The molecule has 1 aliphatic heterocycles. The van der Waals surface area contributed by atoms with Crippen molar-refractivity contribution in [3.63, 3.8) is 0 Å². The molecule has 0 aromatic carbocycles. The summed E-state index contributed by atoms with van der Waals surface area (Å²) in [7, 11) is 0. The third kappa shape index (κ3) is 3.78. The maximum atomic E-state index is 12.0. The minimum atomic E-state index is -0.671. The summed E-state index contributed by atoms with van der Waals surface area (Å²) in [6, 6.07) is 0. The Balaban J connectivity index is 2.56. The average Bonchev–Trinajstić information content (AvgIpc) is 2.17. The van der Waals surface area contributed by atoms with Crippen molar-refractivity contribution in [2.45, 2.75) is 45.8 Å². The summed E-state index contributed by atoms with van der Waals surface area (Å²) in [5.74, 6) is -0.377. The van der Waals surface area contributed by atoms with Crippen molar-refractivity contribution in [2.75, 3.05) is 19.7 Å². The molecule has 0 unspecified atom stereocenters. The molecule has 1 rings (SSSR count). The molecular formula is C12H22N2O3. The highest BCUT2D eigenvalue weighted by molar-refractivity contribution is 6.03. The first-order valence-corrected chi connectivity index (χ1v) is 5.87. The number of ether oxygens (including phenoxy) is 1. The standard InChI is InChI=1S/C12H22N2O3/c1-11(2,3)17-7-6-14-9(15)8-13-12(4,5)10(14)16/h13H,6-8H2,1-5H3. The van der Waals surface area contributed by atoms with Crippen molar-refractivity contribution in [3.05, 3.63) is 0 Å². The lowest BCUT2D eigenvalue weighted by Gasteiger charge is -2.36. The van der Waals surface area contributed by atoms with Gasteiger partial charge in [-0.15, -0.1) is 0 Å². The van der Waals surface area contributed by atoms with Gasteiger partial charge in [0, 0.05) is 0 Å². The lowest BCUT2D eigenvalue weighted by atomic mass is 10.0. The van der Waals surface area contributed by atoms with E-state index in [1.54, 1.807) is 13.8 Å². The molecule has 0 aliphatic carbocycles. The largest absolute Gasteiger partial charge is 0.374 e. The molecule has 0 radical (unpaired) electrons. The zero-order valence-electron chi connectivity index (χ0n) is 11.3. The fourth-order valence-electron chi connectivity index (χ4n) is 1.59. The van der Waals surface area contributed by atoms with Crippen LogP contribution in [0, 0.1) is 0 Å². The van der Waals surface area contributed by atoms with Crippen molar-refractivity contribution in [2.24, 2.45) is 0 Å². The van der Waals surface area contributed by atoms with Crippen LogP contribution in [0.25, 0.3) is 0 Å². The van der Waals surface area contributed by atoms with E-state index >= 15 is 0 Å². The molecule has 2 amide bonds. The maximum absolute atomic E-state index is 12.0. The van der Waals surface area contributed by atoms with Gasteiger partial charge in [-0.1, -0.05) is 0 Å². The zero-order chi connectivity index (χ0) is 13.3. The second kappa shape index (κ2) is 4.74. The fraction of sp³-hybridized carbons (Fsp3) is 0.833. The number of hydrogen-bond donors (Lipinski definition) is 1. The molecule has 17 heavy (non-hydrogen) atoms. The minimum absolute atomic E-state index is 0.188. The molecule has 1 saturated heterocycles. The highest BCUT2D eigenvalue weighted by atomic mass is 16.5. The number of rotatable bonds is 3. The van der Waals surface area contributed by atoms with E-state index in [1.807, 2.05) is 20.8 Å². The van der Waals surface area contributed by atoms with Gasteiger partial charge in [-0.25, -0.2) is 0 Å². The van der Waals surface area contributed by atoms with Gasteiger partial charge in [0.15, 0.2) is 0 Å². The van der Waals surface area contributed by atoms with Crippen LogP contribution in [0.5, 0.6) is 0 Å². The molecule has 1 fully saturated rings. The second-order valence-corrected chi connectivity index (χ2v) is 5.79. The van der Waals surface area contributed by atoms with Crippen molar-refractivity contribution < 1.29 is 14.3 Å². The lowest BCUT2D eigenvalue weighted by Crippen LogP contribution is -2.64. The van der Waals surface area contributed by atoms with E-state index in [9.17, 15) is 9.59 Å². The molecule has 0 aromatic rings. The number of piperazine rings is 1. The Morgan fingerprint density at radius 1 is 1.35 bits per heavy atom. The lowest BCUT2D eigenvalue weighted by molar-refractivity contribution is -0.154. The van der Waals surface area contributed by atoms with Crippen LogP contribution in [-0.2, 0) is 14.3 Å². The Bertz CT molecular complexity index is 318. The minimum Gasteiger partial charge on any atom is -0.374 e. The van der Waals surface area contributed by atoms with Crippen LogP contribution in [0.4, 0.5) is 0 Å². The van der Waals surface area contributed by atoms with Gasteiger partial charge >= 0.3 is 0 Å². The molecule has 1 heterocycles. The summed E-state index contributed by atoms with van der Waals surface area (Å²) >= 11 is 0. The van der Waals surface area contributed by atoms with Crippen molar-refractivity contribution in [1.29, 1.82) is 0 Å². The van der Waals surface area contributed by atoms with Gasteiger partial charge in [-0.3, -0.25) is 19.8 Å². The highest BCUT2D eigenvalue weighted by Gasteiger charge is 2.39. The fourth-order valence-corrected chi connectivity index (χ4v) is 1.59. The van der Waals surface area contributed by atoms with E-state index in [2.05, 4.69) is 5.32 Å². The normalized spacial score (nSPS) is 20.9. The van der Waals surface area contributed by atoms with E-state index in [4.69, 9.17) is 4.74 Å². The van der Waals surface area contributed by atoms with Gasteiger partial charge in [-0.05, 0) is 34.6 Å². The van der Waals surface area contributed by atoms with Crippen LogP contribution in [0.15, 0.2) is 0 Å². The van der Waals surface area contributed by atoms with Gasteiger partial charge in [0.1, 0.15) is 0 Å². The van der Waals surface area contributed by atoms with Crippen LogP contribution in [0.3, 0.4) is 0 Å². The predicted molar refractivity (Wildman–Crippen MR) is 64.5 cm³/mol. The summed E-state index contributed by atoms with van der Waals surface area (Å²) in [6.07, 6.45) is 0. The number of amides is 2. The summed E-state index contributed by atoms with van der Waals surface area (Å²) in [4.78, 5) is 24.9. The molecule has 5 heteroatoms. The Morgan fingerprint density at radius 3 is 2.47 bits per heavy atom. The van der Waals surface area contributed by atoms with Crippen LogP contribution >= 0.6 is 0 Å². The Morgan fingerprint density at radius 2 is 1.94 bits per heavy atom. The molecule has 0 bridgehead atoms. The average molecular weight is 242 g/mol. The van der Waals surface area contributed by atoms with Gasteiger partial charge < -0.3 is 4.74 Å². The van der Waals surface area contributed by atoms with Gasteiger partial charge in [0.2, 0.25) is 11.8 Å². The maximum Gasteiger partial charge on any atom is 0.249 e. The number of nitrogens with zero attached hydrogens (tertiary/aromatic N) is 1. The summed E-state index contributed by atoms with van der Waals surface area (Å²) in [5.41, 5.74) is -0.925. The van der Waals surface area contributed by atoms with E-state index in [0.29, 0.717) is 13.2 Å². The van der Waals surface area contributed by atoms with Crippen molar-refractivity contribution in [3.8, 4) is 0 Å². The molecule has 98 valence electrons. The van der Waals surface area contributed by atoms with E-state index < -0.39 is 5.54 Å². The third-order valence-corrected chi connectivity index (χ3v) is 2.61. The van der Waals surface area contributed by atoms with E-state index in [0.717, 1.165) is 0 Å². The summed E-state index contributed by atoms with van der Waals surface area (Å²) < 4.78 is 5.53. The predicted octanol–water partition coefficient (Wildman–Crippen LogP) is 0.538. The molecule has 0 saturated carbocycles. The summed E-state index contributed by atoms with van der Waals surface area (Å²) in [6.45, 7) is 10.3. The molecule has 0 atom stereocenters. The zero-order valence-corrected chi connectivity index (χ0v) is 11.3. The second-order valence-electron chi connectivity index (χ2n) is 5.79. The van der Waals surface area contributed by atoms with Gasteiger partial charge in [-0.2, -0.15) is 0 Å². The molecular weight excluding hydrogens is 220 g/mol. The number of nitrogens with one attached hydrogen (secondary N) is 1. The number of imide groups is 1. The van der Waals surface area contributed by atoms with Crippen LogP contribution in [0.2, 0.25) is 0 Å². The van der Waals surface area contributed by atoms with E-state index in [1.165, 1.54) is 4.90 Å². The first kappa shape index (κ1) is 14.1. The number of carbonyl (C=O) groups excluding carboxylic acids is 2. The van der Waals surface area contributed by atoms with Crippen LogP contribution < -0.4 is 5.32 Å². The molecule has 1 N–H and O–H groups in total. The molecule has 0 aromatic heterocycles. The summed E-state index contributed by atoms with van der Waals surface area (Å²) in [5, 5.41) is 2.91. The molecule has 0 spiro atoms. The van der Waals surface area contributed by atoms with Crippen molar-refractivity contribution in [1.82, 2.24) is 10.2 Å². The number of hydrogen-bond acceptors (Lipinski definition) is 4. The third-order valence-electron chi connectivity index (χ3n) is 2.61. The molecule has 1 aliphatic rings. The van der Waals surface area contributed by atoms with Gasteiger partial charge in [0.25, 0.3) is 0 Å². The Labute approximate surface area is 102 Å². The monoisotopic (exact) mass is 242 g/mol. The van der Waals surface area contributed by atoms with Crippen molar-refractivity contribution >= 4 is 11.8 Å². The smallest absolute Gasteiger partial charge is 0.249 e. The first-order valence-electron chi connectivity index (χ1n) is 5.87. The first-order chi connectivity index (χ1) is 7.63. The Kier molecular flexibility index (Phi) is 3.94. The van der Waals surface area contributed by atoms with Crippen LogP contribution in [-0.4, -0.2) is 47.6 Å². The topological polar surface area (TPSA) is 58.6 Å². The highest BCUT2D eigenvalue weighted by Crippen LogP contribution is 2.14. The quantitative estimate of drug-likeness (QED) is 0.734. The van der Waals surface area contributed by atoms with E-state index in [-0.39, 0.29) is 24.0 Å². The van der Waals surface area contributed by atoms with Gasteiger partial charge in [0.05, 0.1) is 30.8 Å². The molecule has 5 nitrogen and oxygen atoms in total. The Hall–Kier alpha value is -0.940. The van der Waals surface area contributed by atoms with Crippen LogP contribution in [0.1, 0.15) is 34.6 Å². The number of carbonyl (C=O) groups is 2.